The molecule has 1 heterocycles. The first-order chi connectivity index (χ1) is 13.1. The predicted octanol–water partition coefficient (Wildman–Crippen LogP) is 1.66. The highest BCUT2D eigenvalue weighted by atomic mass is 16.5. The van der Waals surface area contributed by atoms with Crippen molar-refractivity contribution in [3.63, 3.8) is 0 Å². The SMILES string of the molecule is NC(=O)C1CN(C(=O)NCc2ccc(OCc3ccccc3)cc2)CCO1. The van der Waals surface area contributed by atoms with Gasteiger partial charge < -0.3 is 25.4 Å². The molecule has 0 radical (unpaired) electrons. The zero-order valence-electron chi connectivity index (χ0n) is 15.0. The number of nitrogens with zero attached hydrogens (tertiary/aromatic N) is 1. The quantitative estimate of drug-likeness (QED) is 0.810. The summed E-state index contributed by atoms with van der Waals surface area (Å²) in [6.45, 7) is 1.80. The van der Waals surface area contributed by atoms with Crippen molar-refractivity contribution < 1.29 is 19.1 Å². The second-order valence-electron chi connectivity index (χ2n) is 6.28. The van der Waals surface area contributed by atoms with E-state index in [-0.39, 0.29) is 12.6 Å². The Hall–Kier alpha value is -3.06. The summed E-state index contributed by atoms with van der Waals surface area (Å²) in [4.78, 5) is 25.0. The smallest absolute Gasteiger partial charge is 0.317 e. The van der Waals surface area contributed by atoms with E-state index in [1.807, 2.05) is 54.6 Å². The molecule has 7 heteroatoms. The first kappa shape index (κ1) is 18.7. The standard InChI is InChI=1S/C20H23N3O4/c21-19(24)18-13-23(10-11-26-18)20(25)22-12-15-6-8-17(9-7-15)27-14-16-4-2-1-3-5-16/h1-9,18H,10-14H2,(H2,21,24)(H,22,25). The molecule has 2 aromatic carbocycles. The fourth-order valence-corrected chi connectivity index (χ4v) is 2.74. The highest BCUT2D eigenvalue weighted by molar-refractivity contribution is 5.81. The molecule has 3 rings (SSSR count). The van der Waals surface area contributed by atoms with Crippen molar-refractivity contribution in [2.24, 2.45) is 5.73 Å². The van der Waals surface area contributed by atoms with Gasteiger partial charge in [0.05, 0.1) is 13.2 Å². The van der Waals surface area contributed by atoms with Gasteiger partial charge in [-0.05, 0) is 23.3 Å². The number of primary amides is 1. The first-order valence-electron chi connectivity index (χ1n) is 8.81. The number of nitrogens with two attached hydrogens (primary N) is 1. The Balaban J connectivity index is 1.45. The number of amides is 3. The summed E-state index contributed by atoms with van der Waals surface area (Å²) < 4.78 is 11.0. The van der Waals surface area contributed by atoms with Crippen LogP contribution in [0.15, 0.2) is 54.6 Å². The maximum atomic E-state index is 12.2. The van der Waals surface area contributed by atoms with Crippen molar-refractivity contribution in [1.82, 2.24) is 10.2 Å². The van der Waals surface area contributed by atoms with Gasteiger partial charge in [-0.15, -0.1) is 0 Å². The van der Waals surface area contributed by atoms with Crippen LogP contribution in [0.4, 0.5) is 4.79 Å². The van der Waals surface area contributed by atoms with Gasteiger partial charge >= 0.3 is 6.03 Å². The van der Waals surface area contributed by atoms with Crippen molar-refractivity contribution in [3.8, 4) is 5.75 Å². The number of carbonyl (C=O) groups excluding carboxylic acids is 2. The second-order valence-corrected chi connectivity index (χ2v) is 6.28. The molecule has 0 saturated carbocycles. The maximum absolute atomic E-state index is 12.2. The van der Waals surface area contributed by atoms with Crippen LogP contribution in [-0.2, 0) is 22.7 Å². The normalized spacial score (nSPS) is 16.6. The third-order valence-corrected chi connectivity index (χ3v) is 4.29. The molecule has 0 aliphatic carbocycles. The minimum absolute atomic E-state index is 0.174. The number of urea groups is 1. The van der Waals surface area contributed by atoms with Crippen molar-refractivity contribution in [1.29, 1.82) is 0 Å². The molecule has 1 aliphatic heterocycles. The van der Waals surface area contributed by atoms with Gasteiger partial charge in [0.2, 0.25) is 5.91 Å². The van der Waals surface area contributed by atoms with E-state index in [4.69, 9.17) is 15.2 Å². The number of nitrogens with one attached hydrogen (secondary N) is 1. The molecule has 2 aromatic rings. The van der Waals surface area contributed by atoms with E-state index >= 15 is 0 Å². The first-order valence-corrected chi connectivity index (χ1v) is 8.81. The number of hydrogen-bond acceptors (Lipinski definition) is 4. The van der Waals surface area contributed by atoms with Crippen LogP contribution < -0.4 is 15.8 Å². The van der Waals surface area contributed by atoms with Gasteiger partial charge in [-0.25, -0.2) is 4.79 Å². The maximum Gasteiger partial charge on any atom is 0.317 e. The van der Waals surface area contributed by atoms with E-state index in [2.05, 4.69) is 5.32 Å². The molecule has 0 bridgehead atoms. The molecule has 3 N–H and O–H groups in total. The molecular weight excluding hydrogens is 346 g/mol. The summed E-state index contributed by atoms with van der Waals surface area (Å²) in [6.07, 6.45) is -0.745. The average Bonchev–Trinajstić information content (AvgIpc) is 2.72. The minimum atomic E-state index is -0.745. The lowest BCUT2D eigenvalue weighted by molar-refractivity contribution is -0.133. The van der Waals surface area contributed by atoms with Gasteiger partial charge in [0.15, 0.2) is 6.10 Å². The third kappa shape index (κ3) is 5.46. The van der Waals surface area contributed by atoms with Gasteiger partial charge in [0.25, 0.3) is 0 Å². The summed E-state index contributed by atoms with van der Waals surface area (Å²) >= 11 is 0. The van der Waals surface area contributed by atoms with Crippen LogP contribution in [0, 0.1) is 0 Å². The number of carbonyl (C=O) groups is 2. The van der Waals surface area contributed by atoms with Crippen LogP contribution in [0.1, 0.15) is 11.1 Å². The van der Waals surface area contributed by atoms with Crippen LogP contribution >= 0.6 is 0 Å². The summed E-state index contributed by atoms with van der Waals surface area (Å²) in [5.74, 6) is 0.213. The lowest BCUT2D eigenvalue weighted by Gasteiger charge is -2.31. The van der Waals surface area contributed by atoms with E-state index in [0.717, 1.165) is 16.9 Å². The van der Waals surface area contributed by atoms with E-state index in [1.165, 1.54) is 4.90 Å². The van der Waals surface area contributed by atoms with Crippen molar-refractivity contribution >= 4 is 11.9 Å². The number of rotatable bonds is 6. The molecule has 0 aromatic heterocycles. The molecular formula is C20H23N3O4. The second kappa shape index (κ2) is 9.05. The molecule has 27 heavy (non-hydrogen) atoms. The van der Waals surface area contributed by atoms with E-state index in [1.54, 1.807) is 0 Å². The fourth-order valence-electron chi connectivity index (χ4n) is 2.74. The Morgan fingerprint density at radius 2 is 1.85 bits per heavy atom. The predicted molar refractivity (Wildman–Crippen MR) is 100.0 cm³/mol. The van der Waals surface area contributed by atoms with E-state index < -0.39 is 12.0 Å². The molecule has 142 valence electrons. The van der Waals surface area contributed by atoms with Crippen molar-refractivity contribution in [2.45, 2.75) is 19.3 Å². The number of hydrogen-bond donors (Lipinski definition) is 2. The number of morpholine rings is 1. The molecule has 1 fully saturated rings. The average molecular weight is 369 g/mol. The molecule has 1 saturated heterocycles. The molecule has 3 amide bonds. The Morgan fingerprint density at radius 3 is 2.56 bits per heavy atom. The van der Waals surface area contributed by atoms with Gasteiger partial charge in [-0.1, -0.05) is 42.5 Å². The molecule has 1 unspecified atom stereocenters. The monoisotopic (exact) mass is 369 g/mol. The van der Waals surface area contributed by atoms with Crippen LogP contribution in [0.5, 0.6) is 5.75 Å². The van der Waals surface area contributed by atoms with Crippen LogP contribution in [-0.4, -0.2) is 42.6 Å². The van der Waals surface area contributed by atoms with Crippen LogP contribution in [0.2, 0.25) is 0 Å². The molecule has 0 spiro atoms. The Morgan fingerprint density at radius 1 is 1.11 bits per heavy atom. The van der Waals surface area contributed by atoms with Gasteiger partial charge in [0.1, 0.15) is 12.4 Å². The summed E-state index contributed by atoms with van der Waals surface area (Å²) in [6, 6.07) is 17.3. The summed E-state index contributed by atoms with van der Waals surface area (Å²) in [7, 11) is 0. The Labute approximate surface area is 158 Å². The minimum Gasteiger partial charge on any atom is -0.489 e. The van der Waals surface area contributed by atoms with E-state index in [0.29, 0.717) is 26.3 Å². The van der Waals surface area contributed by atoms with Gasteiger partial charge in [0, 0.05) is 13.1 Å². The van der Waals surface area contributed by atoms with Crippen molar-refractivity contribution in [3.05, 3.63) is 65.7 Å². The Bertz CT molecular complexity index is 765. The number of ether oxygens (including phenoxy) is 2. The molecule has 1 aliphatic rings. The third-order valence-electron chi connectivity index (χ3n) is 4.29. The topological polar surface area (TPSA) is 93.9 Å². The lowest BCUT2D eigenvalue weighted by atomic mass is 10.2. The summed E-state index contributed by atoms with van der Waals surface area (Å²) in [5.41, 5.74) is 7.30. The molecule has 7 nitrogen and oxygen atoms in total. The zero-order valence-corrected chi connectivity index (χ0v) is 15.0. The fraction of sp³-hybridized carbons (Fsp3) is 0.300. The Kier molecular flexibility index (Phi) is 6.27. The highest BCUT2D eigenvalue weighted by Gasteiger charge is 2.27. The van der Waals surface area contributed by atoms with Crippen LogP contribution in [0.3, 0.4) is 0 Å². The lowest BCUT2D eigenvalue weighted by Crippen LogP contribution is -2.53. The van der Waals surface area contributed by atoms with Crippen molar-refractivity contribution in [2.75, 3.05) is 19.7 Å². The van der Waals surface area contributed by atoms with E-state index in [9.17, 15) is 9.59 Å². The number of benzene rings is 2. The molecule has 1 atom stereocenters. The highest BCUT2D eigenvalue weighted by Crippen LogP contribution is 2.14. The van der Waals surface area contributed by atoms with Crippen LogP contribution in [0.25, 0.3) is 0 Å². The largest absolute Gasteiger partial charge is 0.489 e. The van der Waals surface area contributed by atoms with Gasteiger partial charge in [-0.2, -0.15) is 0 Å². The van der Waals surface area contributed by atoms with Gasteiger partial charge in [-0.3, -0.25) is 4.79 Å². The summed E-state index contributed by atoms with van der Waals surface area (Å²) in [5, 5.41) is 2.84. The zero-order chi connectivity index (χ0) is 19.1.